The number of terminal acetylenes is 1. The van der Waals surface area contributed by atoms with Gasteiger partial charge in [-0.25, -0.2) is 9.78 Å². The molecule has 0 aliphatic carbocycles. The van der Waals surface area contributed by atoms with Gasteiger partial charge in [0.15, 0.2) is 28.7 Å². The van der Waals surface area contributed by atoms with Gasteiger partial charge < -0.3 is 24.8 Å². The SMILES string of the molecule is C#CC1=C(C(=O)OC(c2ccccc2)c2ccccc2)N2C(=O)C(NC(=O)/C(=N/OC)c3csc(NC=O)n3)[C@H]2[S+]([O-])C1. The molecule has 12 nitrogen and oxygen atoms in total. The van der Waals surface area contributed by atoms with Crippen molar-refractivity contribution in [3.63, 3.8) is 0 Å². The highest BCUT2D eigenvalue weighted by Crippen LogP contribution is 2.38. The molecule has 5 rings (SSSR count). The molecule has 3 heterocycles. The Morgan fingerprint density at radius 2 is 1.86 bits per heavy atom. The fourth-order valence-corrected chi connectivity index (χ4v) is 6.89. The van der Waals surface area contributed by atoms with Crippen LogP contribution in [0.5, 0.6) is 0 Å². The van der Waals surface area contributed by atoms with Crippen molar-refractivity contribution in [2.24, 2.45) is 5.16 Å². The Labute approximate surface area is 252 Å². The minimum Gasteiger partial charge on any atom is -0.614 e. The number of hydrogen-bond acceptors (Lipinski definition) is 10. The molecule has 3 atom stereocenters. The van der Waals surface area contributed by atoms with E-state index in [4.69, 9.17) is 16.0 Å². The zero-order valence-electron chi connectivity index (χ0n) is 22.5. The molecule has 2 aliphatic heterocycles. The quantitative estimate of drug-likeness (QED) is 0.0661. The normalized spacial score (nSPS) is 19.6. The number of esters is 1. The van der Waals surface area contributed by atoms with Crippen molar-refractivity contribution < 1.29 is 33.3 Å². The molecule has 2 aliphatic rings. The fraction of sp³-hybridized carbons (Fsp3) is 0.172. The first kappa shape index (κ1) is 29.5. The number of nitrogens with zero attached hydrogens (tertiary/aromatic N) is 3. The second-order valence-electron chi connectivity index (χ2n) is 9.08. The molecule has 0 spiro atoms. The molecular weight excluding hydrogens is 594 g/mol. The largest absolute Gasteiger partial charge is 0.614 e. The van der Waals surface area contributed by atoms with Crippen LogP contribution in [0.2, 0.25) is 0 Å². The molecule has 2 aromatic carbocycles. The third kappa shape index (κ3) is 5.86. The molecule has 218 valence electrons. The van der Waals surface area contributed by atoms with E-state index in [0.29, 0.717) is 17.5 Å². The molecule has 0 radical (unpaired) electrons. The van der Waals surface area contributed by atoms with Crippen LogP contribution in [0.1, 0.15) is 22.9 Å². The van der Waals surface area contributed by atoms with Crippen LogP contribution in [0.15, 0.2) is 82.5 Å². The van der Waals surface area contributed by atoms with Crippen molar-refractivity contribution in [2.75, 3.05) is 18.2 Å². The van der Waals surface area contributed by atoms with Crippen molar-refractivity contribution in [3.05, 3.63) is 94.1 Å². The number of amides is 3. The summed E-state index contributed by atoms with van der Waals surface area (Å²) in [5, 5.41) is 9.18. The number of fused-ring (bicyclic) bond motifs is 1. The molecule has 1 saturated heterocycles. The molecule has 1 fully saturated rings. The zero-order chi connectivity index (χ0) is 30.5. The molecule has 3 amide bonds. The van der Waals surface area contributed by atoms with Crippen LogP contribution in [-0.2, 0) is 39.9 Å². The van der Waals surface area contributed by atoms with Crippen LogP contribution in [0.4, 0.5) is 5.13 Å². The lowest BCUT2D eigenvalue weighted by atomic mass is 10.0. The van der Waals surface area contributed by atoms with E-state index in [9.17, 15) is 23.7 Å². The van der Waals surface area contributed by atoms with Crippen LogP contribution < -0.4 is 10.6 Å². The highest BCUT2D eigenvalue weighted by Gasteiger charge is 2.61. The van der Waals surface area contributed by atoms with Gasteiger partial charge in [0.1, 0.15) is 18.6 Å². The first-order valence-corrected chi connectivity index (χ1v) is 14.9. The number of hydrogen-bond donors (Lipinski definition) is 2. The summed E-state index contributed by atoms with van der Waals surface area (Å²) in [7, 11) is 1.22. The van der Waals surface area contributed by atoms with Crippen molar-refractivity contribution in [1.29, 1.82) is 0 Å². The van der Waals surface area contributed by atoms with Gasteiger partial charge in [-0.3, -0.25) is 19.3 Å². The first-order chi connectivity index (χ1) is 20.9. The number of thiazole rings is 1. The zero-order valence-corrected chi connectivity index (χ0v) is 24.1. The number of β-lactam (4-membered cyclic amide) rings is 1. The molecule has 43 heavy (non-hydrogen) atoms. The maximum Gasteiger partial charge on any atom is 0.357 e. The van der Waals surface area contributed by atoms with Gasteiger partial charge >= 0.3 is 5.97 Å². The van der Waals surface area contributed by atoms with Gasteiger partial charge in [0.25, 0.3) is 11.8 Å². The number of oxime groups is 1. The van der Waals surface area contributed by atoms with E-state index in [2.05, 4.69) is 26.7 Å². The first-order valence-electron chi connectivity index (χ1n) is 12.7. The number of aromatic nitrogens is 1. The summed E-state index contributed by atoms with van der Waals surface area (Å²) in [6.45, 7) is 0. The van der Waals surface area contributed by atoms with E-state index in [-0.39, 0.29) is 33.6 Å². The fourth-order valence-electron chi connectivity index (χ4n) is 4.63. The van der Waals surface area contributed by atoms with Crippen LogP contribution in [-0.4, -0.2) is 68.6 Å². The van der Waals surface area contributed by atoms with Gasteiger partial charge in [0.2, 0.25) is 11.8 Å². The summed E-state index contributed by atoms with van der Waals surface area (Å²) in [4.78, 5) is 60.9. The minimum absolute atomic E-state index is 0.0527. The maximum atomic E-state index is 13.7. The highest BCUT2D eigenvalue weighted by atomic mass is 32.2. The average molecular weight is 618 g/mol. The second-order valence-corrected chi connectivity index (χ2v) is 11.5. The molecular formula is C29H23N5O7S2. The van der Waals surface area contributed by atoms with Gasteiger partial charge in [-0.05, 0) is 22.3 Å². The molecule has 3 aromatic rings. The Hall–Kier alpha value is -4.97. The number of carbonyl (C=O) groups is 4. The second kappa shape index (κ2) is 12.9. The lowest BCUT2D eigenvalue weighted by Gasteiger charge is -2.48. The van der Waals surface area contributed by atoms with Crippen molar-refractivity contribution >= 4 is 57.5 Å². The third-order valence-corrected chi connectivity index (χ3v) is 8.90. The Kier molecular flexibility index (Phi) is 8.86. The average Bonchev–Trinajstić information content (AvgIpc) is 3.49. The Morgan fingerprint density at radius 3 is 2.44 bits per heavy atom. The van der Waals surface area contributed by atoms with E-state index in [1.807, 2.05) is 36.4 Å². The van der Waals surface area contributed by atoms with Crippen molar-refractivity contribution in [1.82, 2.24) is 15.2 Å². The van der Waals surface area contributed by atoms with Gasteiger partial charge in [0.05, 0.1) is 5.57 Å². The molecule has 2 unspecified atom stereocenters. The number of ether oxygens (including phenoxy) is 1. The highest BCUT2D eigenvalue weighted by molar-refractivity contribution is 7.92. The van der Waals surface area contributed by atoms with E-state index >= 15 is 0 Å². The Bertz CT molecular complexity index is 1610. The van der Waals surface area contributed by atoms with Crippen LogP contribution in [0, 0.1) is 12.3 Å². The van der Waals surface area contributed by atoms with Gasteiger partial charge in [-0.2, -0.15) is 0 Å². The number of rotatable bonds is 10. The van der Waals surface area contributed by atoms with E-state index in [1.165, 1.54) is 12.5 Å². The van der Waals surface area contributed by atoms with Crippen molar-refractivity contribution in [3.8, 4) is 12.3 Å². The molecule has 14 heteroatoms. The number of anilines is 1. The number of benzene rings is 2. The summed E-state index contributed by atoms with van der Waals surface area (Å²) < 4.78 is 19.2. The number of carbonyl (C=O) groups excluding carboxylic acids is 4. The van der Waals surface area contributed by atoms with Crippen LogP contribution in [0.25, 0.3) is 0 Å². The van der Waals surface area contributed by atoms with Crippen LogP contribution in [0.3, 0.4) is 0 Å². The van der Waals surface area contributed by atoms with Gasteiger partial charge in [-0.1, -0.05) is 71.7 Å². The monoisotopic (exact) mass is 617 g/mol. The molecule has 1 aromatic heterocycles. The maximum absolute atomic E-state index is 13.7. The lowest BCUT2D eigenvalue weighted by Crippen LogP contribution is -2.75. The van der Waals surface area contributed by atoms with Crippen LogP contribution >= 0.6 is 11.3 Å². The smallest absolute Gasteiger partial charge is 0.357 e. The summed E-state index contributed by atoms with van der Waals surface area (Å²) in [6, 6.07) is 16.9. The van der Waals surface area contributed by atoms with Crippen molar-refractivity contribution in [2.45, 2.75) is 17.5 Å². The number of nitrogens with one attached hydrogen (secondary N) is 2. The van der Waals surface area contributed by atoms with Gasteiger partial charge in [-0.15, -0.1) is 17.8 Å². The topological polar surface area (TPSA) is 162 Å². The van der Waals surface area contributed by atoms with E-state index in [1.54, 1.807) is 24.3 Å². The molecule has 2 N–H and O–H groups in total. The molecule has 0 saturated carbocycles. The van der Waals surface area contributed by atoms with E-state index in [0.717, 1.165) is 16.2 Å². The van der Waals surface area contributed by atoms with Gasteiger partial charge in [0, 0.05) is 5.38 Å². The predicted octanol–water partition coefficient (Wildman–Crippen LogP) is 1.70. The minimum atomic E-state index is -1.76. The summed E-state index contributed by atoms with van der Waals surface area (Å²) in [5.74, 6) is -0.242. The standard InChI is InChI=1S/C29H23N5O7S2/c1-3-17-15-43(39)27-22(32-25(36)21(33-40-2)20-14-42-29(31-20)30-16-35)26(37)34(27)23(17)28(38)41-24(18-10-6-4-7-11-18)19-12-8-5-9-13-19/h1,4-14,16,22,24,27H,15H2,2H3,(H,32,36)(H,30,31,35)/b33-21+/t22?,27-,43?/m1/s1. The predicted molar refractivity (Wildman–Crippen MR) is 158 cm³/mol. The summed E-state index contributed by atoms with van der Waals surface area (Å²) in [6.07, 6.45) is 5.29. The summed E-state index contributed by atoms with van der Waals surface area (Å²) >= 11 is -0.717. The molecule has 0 bridgehead atoms. The van der Waals surface area contributed by atoms with E-state index < -0.39 is 46.5 Å². The Balaban J connectivity index is 1.39. The third-order valence-electron chi connectivity index (χ3n) is 6.54. The lowest BCUT2D eigenvalue weighted by molar-refractivity contribution is -0.154. The summed E-state index contributed by atoms with van der Waals surface area (Å²) in [5.41, 5.74) is 1.04. The Morgan fingerprint density at radius 1 is 1.21 bits per heavy atom.